The van der Waals surface area contributed by atoms with E-state index in [-0.39, 0.29) is 6.61 Å². The van der Waals surface area contributed by atoms with Gasteiger partial charge >= 0.3 is 5.63 Å². The fourth-order valence-electron chi connectivity index (χ4n) is 2.43. The Morgan fingerprint density at radius 1 is 1.00 bits per heavy atom. The van der Waals surface area contributed by atoms with Gasteiger partial charge in [0.25, 0.3) is 0 Å². The van der Waals surface area contributed by atoms with Crippen LogP contribution in [0.25, 0.3) is 11.0 Å². The van der Waals surface area contributed by atoms with Crippen LogP contribution in [0, 0.1) is 0 Å². The number of fused-ring (bicyclic) bond motifs is 1. The molecule has 0 aliphatic rings. The normalized spacial score (nSPS) is 11.0. The number of hydrogen-bond donors (Lipinski definition) is 0. The SMILES string of the molecule is CCc1cc(=O)oc2cc(OCc3ccc(Cl)cc3Cl)c(Cl)cc12. The average Bonchev–Trinajstić information content (AvgIpc) is 2.54. The molecular formula is C18H13Cl3O3. The van der Waals surface area contributed by atoms with E-state index in [1.165, 1.54) is 6.07 Å². The minimum atomic E-state index is -0.395. The summed E-state index contributed by atoms with van der Waals surface area (Å²) in [6.45, 7) is 2.19. The third kappa shape index (κ3) is 3.54. The molecule has 2 aromatic carbocycles. The average molecular weight is 384 g/mol. The molecule has 24 heavy (non-hydrogen) atoms. The Morgan fingerprint density at radius 2 is 1.79 bits per heavy atom. The lowest BCUT2D eigenvalue weighted by Gasteiger charge is -2.11. The molecule has 0 radical (unpaired) electrons. The molecule has 0 amide bonds. The van der Waals surface area contributed by atoms with Gasteiger partial charge in [-0.05, 0) is 30.2 Å². The predicted molar refractivity (Wildman–Crippen MR) is 97.7 cm³/mol. The topological polar surface area (TPSA) is 39.4 Å². The van der Waals surface area contributed by atoms with Gasteiger partial charge in [0, 0.05) is 33.1 Å². The van der Waals surface area contributed by atoms with Crippen LogP contribution < -0.4 is 10.4 Å². The Kier molecular flexibility index (Phi) is 5.04. The van der Waals surface area contributed by atoms with E-state index in [2.05, 4.69) is 0 Å². The summed E-state index contributed by atoms with van der Waals surface area (Å²) in [6, 6.07) is 10.0. The van der Waals surface area contributed by atoms with Gasteiger partial charge < -0.3 is 9.15 Å². The molecule has 3 rings (SSSR count). The van der Waals surface area contributed by atoms with E-state index >= 15 is 0 Å². The molecule has 0 saturated heterocycles. The predicted octanol–water partition coefficient (Wildman–Crippen LogP) is 5.89. The van der Waals surface area contributed by atoms with Crippen LogP contribution in [0.4, 0.5) is 0 Å². The van der Waals surface area contributed by atoms with Crippen molar-refractivity contribution in [2.45, 2.75) is 20.0 Å². The van der Waals surface area contributed by atoms with Crippen molar-refractivity contribution in [3.05, 3.63) is 73.0 Å². The molecule has 3 nitrogen and oxygen atoms in total. The van der Waals surface area contributed by atoms with Gasteiger partial charge in [-0.3, -0.25) is 0 Å². The molecule has 1 heterocycles. The summed E-state index contributed by atoms with van der Waals surface area (Å²) in [5.41, 5.74) is 1.71. The van der Waals surface area contributed by atoms with Crippen molar-refractivity contribution in [2.75, 3.05) is 0 Å². The van der Waals surface area contributed by atoms with E-state index in [1.807, 2.05) is 6.92 Å². The number of aryl methyl sites for hydroxylation is 1. The molecule has 124 valence electrons. The first-order valence-corrected chi connectivity index (χ1v) is 8.44. The first kappa shape index (κ1) is 17.2. The lowest BCUT2D eigenvalue weighted by Crippen LogP contribution is -2.01. The smallest absolute Gasteiger partial charge is 0.336 e. The maximum Gasteiger partial charge on any atom is 0.336 e. The molecule has 0 N–H and O–H groups in total. The van der Waals surface area contributed by atoms with E-state index in [0.29, 0.717) is 32.8 Å². The Labute approximate surface area is 153 Å². The molecule has 0 unspecified atom stereocenters. The highest BCUT2D eigenvalue weighted by atomic mass is 35.5. The van der Waals surface area contributed by atoms with Gasteiger partial charge in [-0.1, -0.05) is 47.8 Å². The third-order valence-electron chi connectivity index (χ3n) is 3.66. The van der Waals surface area contributed by atoms with Crippen LogP contribution in [-0.2, 0) is 13.0 Å². The highest BCUT2D eigenvalue weighted by Crippen LogP contribution is 2.32. The fourth-order valence-corrected chi connectivity index (χ4v) is 3.11. The Hall–Kier alpha value is -1.68. The van der Waals surface area contributed by atoms with E-state index in [9.17, 15) is 4.79 Å². The lowest BCUT2D eigenvalue weighted by molar-refractivity contribution is 0.306. The Bertz CT molecular complexity index is 964. The molecule has 0 aliphatic carbocycles. The largest absolute Gasteiger partial charge is 0.487 e. The number of halogens is 3. The van der Waals surface area contributed by atoms with Crippen molar-refractivity contribution >= 4 is 45.8 Å². The van der Waals surface area contributed by atoms with E-state index in [4.69, 9.17) is 44.0 Å². The first-order chi connectivity index (χ1) is 11.5. The highest BCUT2D eigenvalue weighted by Gasteiger charge is 2.11. The number of ether oxygens (including phenoxy) is 1. The summed E-state index contributed by atoms with van der Waals surface area (Å²) in [5.74, 6) is 0.423. The second-order valence-corrected chi connectivity index (χ2v) is 6.50. The van der Waals surface area contributed by atoms with Crippen LogP contribution in [-0.4, -0.2) is 0 Å². The van der Waals surface area contributed by atoms with Crippen molar-refractivity contribution < 1.29 is 9.15 Å². The van der Waals surface area contributed by atoms with Gasteiger partial charge in [0.2, 0.25) is 0 Å². The Balaban J connectivity index is 1.95. The molecule has 0 saturated carbocycles. The van der Waals surface area contributed by atoms with Crippen LogP contribution in [0.1, 0.15) is 18.1 Å². The number of benzene rings is 2. The summed E-state index contributed by atoms with van der Waals surface area (Å²) < 4.78 is 11.0. The van der Waals surface area contributed by atoms with Crippen molar-refractivity contribution in [1.82, 2.24) is 0 Å². The van der Waals surface area contributed by atoms with Crippen LogP contribution in [0.15, 0.2) is 45.6 Å². The lowest BCUT2D eigenvalue weighted by atomic mass is 10.1. The zero-order chi connectivity index (χ0) is 17.3. The van der Waals surface area contributed by atoms with Crippen molar-refractivity contribution in [3.8, 4) is 5.75 Å². The molecule has 0 fully saturated rings. The molecule has 0 bridgehead atoms. The number of rotatable bonds is 4. The molecular weight excluding hydrogens is 371 g/mol. The zero-order valence-electron chi connectivity index (χ0n) is 12.7. The molecule has 0 aliphatic heterocycles. The highest BCUT2D eigenvalue weighted by molar-refractivity contribution is 6.35. The summed E-state index contributed by atoms with van der Waals surface area (Å²) in [5, 5.41) is 2.32. The monoisotopic (exact) mass is 382 g/mol. The van der Waals surface area contributed by atoms with Crippen molar-refractivity contribution in [1.29, 1.82) is 0 Å². The second-order valence-electron chi connectivity index (χ2n) is 5.25. The van der Waals surface area contributed by atoms with Crippen molar-refractivity contribution in [3.63, 3.8) is 0 Å². The van der Waals surface area contributed by atoms with Gasteiger partial charge in [0.1, 0.15) is 17.9 Å². The maximum atomic E-state index is 11.6. The van der Waals surface area contributed by atoms with Gasteiger partial charge in [0.05, 0.1) is 5.02 Å². The van der Waals surface area contributed by atoms with Gasteiger partial charge in [-0.2, -0.15) is 0 Å². The number of hydrogen-bond acceptors (Lipinski definition) is 3. The van der Waals surface area contributed by atoms with Crippen LogP contribution in [0.5, 0.6) is 5.75 Å². The van der Waals surface area contributed by atoms with Gasteiger partial charge in [-0.15, -0.1) is 0 Å². The van der Waals surface area contributed by atoms with Crippen molar-refractivity contribution in [2.24, 2.45) is 0 Å². The van der Waals surface area contributed by atoms with E-state index in [0.717, 1.165) is 16.5 Å². The van der Waals surface area contributed by atoms with Gasteiger partial charge in [-0.25, -0.2) is 4.79 Å². The van der Waals surface area contributed by atoms with E-state index in [1.54, 1.807) is 30.3 Å². The standard InChI is InChI=1S/C18H13Cl3O3/c1-2-10-5-18(22)24-16-8-17(15(21)7-13(10)16)23-9-11-3-4-12(19)6-14(11)20/h3-8H,2,9H2,1H3. The zero-order valence-corrected chi connectivity index (χ0v) is 15.0. The molecule has 3 aromatic rings. The third-order valence-corrected chi connectivity index (χ3v) is 4.54. The van der Waals surface area contributed by atoms with E-state index < -0.39 is 5.63 Å². The van der Waals surface area contributed by atoms with Gasteiger partial charge in [0.15, 0.2) is 0 Å². The van der Waals surface area contributed by atoms with Crippen LogP contribution in [0.3, 0.4) is 0 Å². The van der Waals surface area contributed by atoms with Crippen LogP contribution >= 0.6 is 34.8 Å². The molecule has 6 heteroatoms. The fraction of sp³-hybridized carbons (Fsp3) is 0.167. The van der Waals surface area contributed by atoms with Crippen LogP contribution in [0.2, 0.25) is 15.1 Å². The molecule has 1 aromatic heterocycles. The summed E-state index contributed by atoms with van der Waals surface area (Å²) in [7, 11) is 0. The minimum Gasteiger partial charge on any atom is -0.487 e. The quantitative estimate of drug-likeness (QED) is 0.527. The summed E-state index contributed by atoms with van der Waals surface area (Å²) >= 11 is 18.3. The first-order valence-electron chi connectivity index (χ1n) is 7.31. The summed E-state index contributed by atoms with van der Waals surface area (Å²) in [4.78, 5) is 11.6. The Morgan fingerprint density at radius 3 is 2.50 bits per heavy atom. The molecule has 0 spiro atoms. The molecule has 0 atom stereocenters. The summed E-state index contributed by atoms with van der Waals surface area (Å²) in [6.07, 6.45) is 0.707. The second kappa shape index (κ2) is 7.06. The minimum absolute atomic E-state index is 0.221. The maximum absolute atomic E-state index is 11.6.